The molecule has 9 aliphatic rings. The lowest BCUT2D eigenvalue weighted by molar-refractivity contribution is -0.183. The molecular formula is C86H115N17O23. The van der Waals surface area contributed by atoms with E-state index < -0.39 is 172 Å². The Kier molecular flexibility index (Phi) is 32.8. The number of nitrogens with zero attached hydrogens (tertiary/aromatic N) is 10. The van der Waals surface area contributed by atoms with Crippen molar-refractivity contribution in [2.24, 2.45) is 23.2 Å². The Balaban J connectivity index is 0.000000207. The number of urea groups is 2. The second-order valence-electron chi connectivity index (χ2n) is 34.5. The maximum absolute atomic E-state index is 14.2. The number of nitrogens with two attached hydrogens (primary N) is 4. The van der Waals surface area contributed by atoms with E-state index in [9.17, 15) is 86.3 Å². The van der Waals surface area contributed by atoms with Crippen LogP contribution in [-0.2, 0) is 73.4 Å². The molecule has 15 amide bonds. The number of ether oxygens (including phenoxy) is 5. The Hall–Kier alpha value is -12.7. The standard InChI is InChI=1S/C29H33N3O7.C21H24N4O6.C20H26N4O5.C13H22N4O4.C3H6O.H4N2/c1-5-22(31-24(33)20-14-9-10-15-21(20)25(31)34)26(35)32-23(27(36)39-29(2,3)4)16-11-17-30(32)28(37)38-18-19-12-7-6-8-13-19;1-21(2,3)31-19(29)14-9-6-10-23-20(30)22-11-15(18(28)25(14)23)24-16(26)12-7-4-5-8-13(12)17(24)27;1-20(2,3)29-19(28)14-9-6-10-22-24(14)18(27)15(11-21)23-16(25)12-7-4-5-8-13(12)17(23)26;1-13(2,3)21-11(19)9-5-4-6-16-12(20)15-7-8(14)10(18)17(9)16;1-3(2)4;1-2/h6-10,12-15,22-23H,5,11,16-18H2,1-4H3;4-5,7-8,14-15H,6,9-11H2,1-3H3,(H,22,30);4-5,7-8,14-15,22H,6,9-11,21H2,1-3H3;8-9H,4-7,14H2,1-3H3,(H,15,20);1-2H3;1-2H2/t22-,23-;2*14-,15-;8-,9-;;/m0000../s1. The highest BCUT2D eigenvalue weighted by molar-refractivity contribution is 6.25. The Bertz CT molecular complexity index is 4700. The molecule has 0 aromatic heterocycles. The summed E-state index contributed by atoms with van der Waals surface area (Å²) in [6.45, 7) is 26.2. The van der Waals surface area contributed by atoms with Gasteiger partial charge >= 0.3 is 42.0 Å². The van der Waals surface area contributed by atoms with E-state index in [1.165, 1.54) is 70.3 Å². The van der Waals surface area contributed by atoms with Gasteiger partial charge in [0.1, 0.15) is 65.0 Å². The molecule has 4 aromatic rings. The Labute approximate surface area is 729 Å². The zero-order valence-corrected chi connectivity index (χ0v) is 73.6. The molecule has 6 fully saturated rings. The average molecular weight is 1750 g/mol. The number of ketones is 1. The Morgan fingerprint density at radius 1 is 0.452 bits per heavy atom. The minimum atomic E-state index is -1.27. The number of rotatable bonds is 13. The third-order valence-corrected chi connectivity index (χ3v) is 20.1. The van der Waals surface area contributed by atoms with Crippen LogP contribution < -0.4 is 39.2 Å². The molecule has 0 bridgehead atoms. The van der Waals surface area contributed by atoms with Crippen molar-refractivity contribution in [2.45, 2.75) is 239 Å². The van der Waals surface area contributed by atoms with Crippen molar-refractivity contribution in [1.29, 1.82) is 0 Å². The number of hydrazine groups is 5. The van der Waals surface area contributed by atoms with E-state index >= 15 is 0 Å². The van der Waals surface area contributed by atoms with E-state index in [2.05, 4.69) is 27.7 Å². The van der Waals surface area contributed by atoms with Crippen molar-refractivity contribution in [3.05, 3.63) is 142 Å². The molecule has 13 rings (SSSR count). The minimum Gasteiger partial charge on any atom is -0.458 e. The maximum atomic E-state index is 14.2. The molecule has 0 saturated carbocycles. The van der Waals surface area contributed by atoms with E-state index in [-0.39, 0.29) is 91.3 Å². The number of hydrogen-bond donors (Lipinski definition) is 7. The van der Waals surface area contributed by atoms with Crippen LogP contribution in [0.5, 0.6) is 0 Å². The van der Waals surface area contributed by atoms with Gasteiger partial charge in [0.15, 0.2) is 18.1 Å². The first-order valence-electron chi connectivity index (χ1n) is 41.5. The zero-order chi connectivity index (χ0) is 93.5. The number of carbonyl (C=O) groups is 18. The maximum Gasteiger partial charge on any atom is 0.429 e. The van der Waals surface area contributed by atoms with Gasteiger partial charge in [-0.2, -0.15) is 0 Å². The molecule has 682 valence electrons. The molecule has 40 nitrogen and oxygen atoms in total. The molecule has 0 aliphatic carbocycles. The number of esters is 4. The number of nitrogens with one attached hydrogen (secondary N) is 3. The summed E-state index contributed by atoms with van der Waals surface area (Å²) in [5, 5.41) is 13.1. The molecular weight excluding hydrogens is 1640 g/mol. The lowest BCUT2D eigenvalue weighted by atomic mass is 10.0. The van der Waals surface area contributed by atoms with Crippen molar-refractivity contribution >= 4 is 107 Å². The summed E-state index contributed by atoms with van der Waals surface area (Å²) in [6.07, 6.45) is 2.87. The van der Waals surface area contributed by atoms with Crippen molar-refractivity contribution in [2.75, 3.05) is 45.8 Å². The van der Waals surface area contributed by atoms with Crippen LogP contribution in [0.3, 0.4) is 0 Å². The number of amides is 15. The predicted molar refractivity (Wildman–Crippen MR) is 449 cm³/mol. The van der Waals surface area contributed by atoms with Gasteiger partial charge in [-0.1, -0.05) is 73.7 Å². The van der Waals surface area contributed by atoms with E-state index in [0.717, 1.165) is 35.3 Å². The molecule has 9 aliphatic heterocycles. The van der Waals surface area contributed by atoms with E-state index in [1.807, 2.05) is 18.2 Å². The van der Waals surface area contributed by atoms with Crippen molar-refractivity contribution in [3.8, 4) is 0 Å². The van der Waals surface area contributed by atoms with Gasteiger partial charge < -0.3 is 50.6 Å². The van der Waals surface area contributed by atoms with E-state index in [0.29, 0.717) is 58.0 Å². The Morgan fingerprint density at radius 3 is 1.22 bits per heavy atom. The summed E-state index contributed by atoms with van der Waals surface area (Å²) in [7, 11) is 0. The molecule has 9 heterocycles. The second kappa shape index (κ2) is 41.9. The third kappa shape index (κ3) is 23.5. The van der Waals surface area contributed by atoms with Crippen LogP contribution in [0.15, 0.2) is 103 Å². The SMILES string of the molecule is CC(C)(C)OC(=O)[C@@H]1CCCN2C(=O)NC[C@H](N)C(=O)N12.CC(C)(C)OC(=O)[C@@H]1CCCN2C(=O)NC[C@H](N3C(=O)c4ccccc4C3=O)C(=O)N12.CC(C)(C)OC(=O)[C@@H]1CCCNN1C(=O)[C@H](CN)N1C(=O)c2ccccc2C1=O.CC(C)=O.CC[C@@H](C(=O)N1[C@H](C(=O)OC(C)(C)C)CCCN1C(=O)OCc1ccccc1)N1C(=O)c2ccccc2C1=O.NN. The van der Waals surface area contributed by atoms with Crippen LogP contribution in [0, 0.1) is 0 Å². The van der Waals surface area contributed by atoms with Gasteiger partial charge in [0.25, 0.3) is 59.1 Å². The number of benzene rings is 4. The molecule has 8 atom stereocenters. The molecule has 11 N–H and O–H groups in total. The third-order valence-electron chi connectivity index (χ3n) is 20.1. The molecule has 6 saturated heterocycles. The largest absolute Gasteiger partial charge is 0.458 e. The first-order valence-corrected chi connectivity index (χ1v) is 41.5. The first kappa shape index (κ1) is 98.8. The van der Waals surface area contributed by atoms with E-state index in [1.54, 1.807) is 139 Å². The van der Waals surface area contributed by atoms with Gasteiger partial charge in [0, 0.05) is 45.8 Å². The van der Waals surface area contributed by atoms with Crippen LogP contribution in [0.2, 0.25) is 0 Å². The van der Waals surface area contributed by atoms with Gasteiger partial charge in [-0.3, -0.25) is 79.3 Å². The van der Waals surface area contributed by atoms with Crippen molar-refractivity contribution in [1.82, 2.24) is 65.8 Å². The van der Waals surface area contributed by atoms with Crippen LogP contribution in [0.25, 0.3) is 0 Å². The summed E-state index contributed by atoms with van der Waals surface area (Å²) in [5.74, 6) is -0.224. The summed E-state index contributed by atoms with van der Waals surface area (Å²) >= 11 is 0. The van der Waals surface area contributed by atoms with Crippen LogP contribution >= 0.6 is 0 Å². The summed E-state index contributed by atoms with van der Waals surface area (Å²) in [6, 6.07) is 18.7. The number of fused-ring (bicyclic) bond motifs is 5. The quantitative estimate of drug-likeness (QED) is 0.0322. The lowest BCUT2D eigenvalue weighted by Crippen LogP contribution is -2.64. The summed E-state index contributed by atoms with van der Waals surface area (Å²) in [5.41, 5.74) is 13.5. The highest BCUT2D eigenvalue weighted by Gasteiger charge is 2.54. The van der Waals surface area contributed by atoms with Gasteiger partial charge in [0.05, 0.1) is 33.4 Å². The van der Waals surface area contributed by atoms with Crippen LogP contribution in [0.4, 0.5) is 14.4 Å². The fourth-order valence-corrected chi connectivity index (χ4v) is 14.8. The normalized spacial score (nSPS) is 20.9. The fourth-order valence-electron chi connectivity index (χ4n) is 14.8. The predicted octanol–water partition coefficient (Wildman–Crippen LogP) is 4.32. The van der Waals surface area contributed by atoms with Crippen LogP contribution in [-0.4, -0.2) is 273 Å². The Morgan fingerprint density at radius 2 is 0.810 bits per heavy atom. The highest BCUT2D eigenvalue weighted by Crippen LogP contribution is 2.35. The van der Waals surface area contributed by atoms with Crippen LogP contribution in [0.1, 0.15) is 229 Å². The molecule has 40 heteroatoms. The number of imide groups is 3. The smallest absolute Gasteiger partial charge is 0.429 e. The highest BCUT2D eigenvalue weighted by atomic mass is 16.6. The summed E-state index contributed by atoms with van der Waals surface area (Å²) < 4.78 is 27.3. The molecule has 0 spiro atoms. The fraction of sp³-hybridized carbons (Fsp3) is 0.512. The first-order chi connectivity index (χ1) is 59.2. The van der Waals surface area contributed by atoms with E-state index in [4.69, 9.17) is 35.2 Å². The van der Waals surface area contributed by atoms with Gasteiger partial charge in [-0.05, 0) is 197 Å². The minimum absolute atomic E-state index is 0.0368. The number of Topliss-reactive ketones (excluding diaryl/α,β-unsaturated/α-hetero) is 1. The molecule has 0 radical (unpaired) electrons. The van der Waals surface area contributed by atoms with Crippen molar-refractivity contribution in [3.63, 3.8) is 0 Å². The topological polar surface area (TPSA) is 526 Å². The van der Waals surface area contributed by atoms with Gasteiger partial charge in [0.2, 0.25) is 0 Å². The molecule has 126 heavy (non-hydrogen) atoms. The number of hydrogen-bond acceptors (Lipinski definition) is 28. The van der Waals surface area contributed by atoms with Gasteiger partial charge in [-0.15, -0.1) is 0 Å². The molecule has 4 aromatic carbocycles. The zero-order valence-electron chi connectivity index (χ0n) is 73.6. The lowest BCUT2D eigenvalue weighted by Gasteiger charge is -2.44. The average Bonchev–Trinajstić information content (AvgIpc) is 1.59. The molecule has 0 unspecified atom stereocenters. The van der Waals surface area contributed by atoms with Crippen molar-refractivity contribution < 1.29 is 110 Å². The second-order valence-corrected chi connectivity index (χ2v) is 34.5. The van der Waals surface area contributed by atoms with Gasteiger partial charge in [-0.25, -0.2) is 69.0 Å². The monoisotopic (exact) mass is 1750 g/mol. The summed E-state index contributed by atoms with van der Waals surface area (Å²) in [4.78, 5) is 232. The number of carbonyl (C=O) groups excluding carboxylic acids is 18.